The highest BCUT2D eigenvalue weighted by Crippen LogP contribution is 2.40. The molecule has 11 nitrogen and oxygen atoms in total. The summed E-state index contributed by atoms with van der Waals surface area (Å²) in [5.74, 6) is -5.15. The Labute approximate surface area is 230 Å². The number of anilines is 1. The Morgan fingerprint density at radius 1 is 1.23 bits per heavy atom. The molecule has 3 heterocycles. The van der Waals surface area contributed by atoms with Gasteiger partial charge in [0.1, 0.15) is 17.0 Å². The Hall–Kier alpha value is -3.37. The summed E-state index contributed by atoms with van der Waals surface area (Å²) < 4.78 is 87.9. The number of benzene rings is 1. The summed E-state index contributed by atoms with van der Waals surface area (Å²) in [5.41, 5.74) is 0.233. The average molecular weight is 610 g/mol. The molecule has 40 heavy (non-hydrogen) atoms. The van der Waals surface area contributed by atoms with Crippen LogP contribution < -0.4 is 20.1 Å². The van der Waals surface area contributed by atoms with E-state index >= 15 is 0 Å². The third-order valence-electron chi connectivity index (χ3n) is 6.65. The fourth-order valence-electron chi connectivity index (χ4n) is 4.41. The van der Waals surface area contributed by atoms with Gasteiger partial charge in [0.2, 0.25) is 10.0 Å². The van der Waals surface area contributed by atoms with Crippen LogP contribution in [0, 0.1) is 18.7 Å². The molecule has 0 aliphatic carbocycles. The Balaban J connectivity index is 1.58. The fraction of sp³-hybridized carbons (Fsp3) is 0.435. The molecule has 2 aliphatic rings. The van der Waals surface area contributed by atoms with Crippen LogP contribution in [0.15, 0.2) is 23.1 Å². The number of halogens is 5. The lowest BCUT2D eigenvalue weighted by Crippen LogP contribution is -2.50. The number of carbonyl (C=O) groups excluding carboxylic acids is 3. The van der Waals surface area contributed by atoms with Gasteiger partial charge in [-0.2, -0.15) is 13.2 Å². The first-order valence-electron chi connectivity index (χ1n) is 11.8. The monoisotopic (exact) mass is 609 g/mol. The SMILES string of the molecule is Cc1cc(NC(=O)c2c3c(c(Cl)n2C)S(=O)(=O)NC2CN(C(=O)C(=O)NC(C)C(F)(F)F)C[C@H]2CO3)ccc1F. The molecule has 0 spiro atoms. The largest absolute Gasteiger partial charge is 0.489 e. The number of ether oxygens (including phenoxy) is 1. The van der Waals surface area contributed by atoms with Gasteiger partial charge in [0, 0.05) is 37.8 Å². The number of rotatable bonds is 3. The van der Waals surface area contributed by atoms with Gasteiger partial charge < -0.3 is 24.8 Å². The van der Waals surface area contributed by atoms with Crippen LogP contribution in [0.4, 0.5) is 23.2 Å². The zero-order chi connectivity index (χ0) is 29.7. The van der Waals surface area contributed by atoms with E-state index in [2.05, 4.69) is 10.0 Å². The molecule has 0 bridgehead atoms. The van der Waals surface area contributed by atoms with E-state index in [4.69, 9.17) is 16.3 Å². The van der Waals surface area contributed by atoms with Crippen LogP contribution in [0.2, 0.25) is 5.15 Å². The van der Waals surface area contributed by atoms with E-state index in [0.717, 1.165) is 15.5 Å². The molecular formula is C23H24ClF4N5O6S. The first kappa shape index (κ1) is 29.6. The maximum Gasteiger partial charge on any atom is 0.408 e. The van der Waals surface area contributed by atoms with Crippen molar-refractivity contribution in [3.05, 3.63) is 40.4 Å². The molecule has 2 unspecified atom stereocenters. The molecule has 218 valence electrons. The number of nitrogens with zero attached hydrogens (tertiary/aromatic N) is 2. The van der Waals surface area contributed by atoms with Crippen LogP contribution in [-0.4, -0.2) is 73.6 Å². The van der Waals surface area contributed by atoms with Gasteiger partial charge in [-0.1, -0.05) is 11.6 Å². The van der Waals surface area contributed by atoms with E-state index < -0.39 is 62.6 Å². The number of amides is 3. The van der Waals surface area contributed by atoms with Crippen LogP contribution in [0.25, 0.3) is 0 Å². The van der Waals surface area contributed by atoms with Crippen molar-refractivity contribution in [1.82, 2.24) is 19.5 Å². The van der Waals surface area contributed by atoms with Crippen molar-refractivity contribution in [1.29, 1.82) is 0 Å². The number of hydrogen-bond acceptors (Lipinski definition) is 6. The van der Waals surface area contributed by atoms with Crippen molar-refractivity contribution in [3.8, 4) is 5.75 Å². The average Bonchev–Trinajstić information content (AvgIpc) is 3.35. The number of nitrogens with one attached hydrogen (secondary N) is 3. The lowest BCUT2D eigenvalue weighted by molar-refractivity contribution is -0.162. The van der Waals surface area contributed by atoms with Gasteiger partial charge in [-0.05, 0) is 37.6 Å². The Morgan fingerprint density at radius 2 is 1.90 bits per heavy atom. The van der Waals surface area contributed by atoms with E-state index in [9.17, 15) is 40.4 Å². The maximum atomic E-state index is 13.6. The molecule has 2 aliphatic heterocycles. The van der Waals surface area contributed by atoms with E-state index in [-0.39, 0.29) is 47.5 Å². The molecule has 1 saturated heterocycles. The van der Waals surface area contributed by atoms with Gasteiger partial charge >= 0.3 is 18.0 Å². The van der Waals surface area contributed by atoms with E-state index in [1.165, 1.54) is 26.1 Å². The zero-order valence-electron chi connectivity index (χ0n) is 21.2. The predicted octanol–water partition coefficient (Wildman–Crippen LogP) is 1.94. The van der Waals surface area contributed by atoms with Gasteiger partial charge in [0.15, 0.2) is 16.3 Å². The number of hydrogen-bond donors (Lipinski definition) is 3. The van der Waals surface area contributed by atoms with Gasteiger partial charge in [-0.25, -0.2) is 17.5 Å². The smallest absolute Gasteiger partial charge is 0.408 e. The lowest BCUT2D eigenvalue weighted by atomic mass is 10.1. The van der Waals surface area contributed by atoms with Crippen molar-refractivity contribution in [2.45, 2.75) is 37.0 Å². The maximum absolute atomic E-state index is 13.6. The van der Waals surface area contributed by atoms with Crippen molar-refractivity contribution in [2.75, 3.05) is 25.0 Å². The van der Waals surface area contributed by atoms with E-state index in [1.54, 1.807) is 5.32 Å². The Morgan fingerprint density at radius 3 is 2.52 bits per heavy atom. The van der Waals surface area contributed by atoms with Crippen LogP contribution in [0.3, 0.4) is 0 Å². The topological polar surface area (TPSA) is 139 Å². The minimum atomic E-state index is -4.76. The molecule has 3 atom stereocenters. The van der Waals surface area contributed by atoms with Crippen LogP contribution >= 0.6 is 11.6 Å². The van der Waals surface area contributed by atoms with Gasteiger partial charge in [0.05, 0.1) is 6.61 Å². The number of carbonyl (C=O) groups is 3. The summed E-state index contributed by atoms with van der Waals surface area (Å²) in [7, 11) is -3.11. The second kappa shape index (κ2) is 10.6. The number of fused-ring (bicyclic) bond motifs is 2. The normalized spacial score (nSPS) is 20.9. The second-order valence-electron chi connectivity index (χ2n) is 9.52. The second-order valence-corrected chi connectivity index (χ2v) is 11.5. The molecule has 4 rings (SSSR count). The third-order valence-corrected chi connectivity index (χ3v) is 8.73. The fourth-order valence-corrected chi connectivity index (χ4v) is 6.43. The quantitative estimate of drug-likeness (QED) is 0.359. The molecule has 1 aromatic carbocycles. The molecule has 3 N–H and O–H groups in total. The van der Waals surface area contributed by atoms with E-state index in [1.807, 2.05) is 0 Å². The van der Waals surface area contributed by atoms with Crippen LogP contribution in [0.1, 0.15) is 23.0 Å². The number of sulfonamides is 1. The number of alkyl halides is 3. The number of aromatic nitrogens is 1. The first-order chi connectivity index (χ1) is 18.5. The highest BCUT2D eigenvalue weighted by atomic mass is 35.5. The van der Waals surface area contributed by atoms with Gasteiger partial charge in [-0.3, -0.25) is 14.4 Å². The van der Waals surface area contributed by atoms with Crippen molar-refractivity contribution in [2.24, 2.45) is 13.0 Å². The number of aryl methyl sites for hydroxylation is 1. The summed E-state index contributed by atoms with van der Waals surface area (Å²) in [6, 6.07) is 0.596. The van der Waals surface area contributed by atoms with Crippen LogP contribution in [-0.2, 0) is 26.7 Å². The van der Waals surface area contributed by atoms with Crippen molar-refractivity contribution in [3.63, 3.8) is 0 Å². The zero-order valence-corrected chi connectivity index (χ0v) is 22.8. The molecule has 3 amide bonds. The van der Waals surface area contributed by atoms with E-state index in [0.29, 0.717) is 6.92 Å². The minimum absolute atomic E-state index is 0.216. The van der Waals surface area contributed by atoms with Gasteiger partial charge in [0.25, 0.3) is 5.91 Å². The Kier molecular flexibility index (Phi) is 7.81. The molecule has 1 fully saturated rings. The first-order valence-corrected chi connectivity index (χ1v) is 13.6. The summed E-state index contributed by atoms with van der Waals surface area (Å²) in [5, 5.41) is 3.77. The molecule has 0 saturated carbocycles. The van der Waals surface area contributed by atoms with Crippen molar-refractivity contribution >= 4 is 45.0 Å². The summed E-state index contributed by atoms with van der Waals surface area (Å²) in [6.07, 6.45) is -4.76. The Bertz CT molecular complexity index is 1500. The van der Waals surface area contributed by atoms with Crippen molar-refractivity contribution < 1.29 is 45.1 Å². The highest BCUT2D eigenvalue weighted by molar-refractivity contribution is 7.89. The predicted molar refractivity (Wildman–Crippen MR) is 133 cm³/mol. The van der Waals surface area contributed by atoms with Crippen LogP contribution in [0.5, 0.6) is 5.75 Å². The summed E-state index contributed by atoms with van der Waals surface area (Å²) in [4.78, 5) is 38.2. The summed E-state index contributed by atoms with van der Waals surface area (Å²) in [6.45, 7) is 1.40. The highest BCUT2D eigenvalue weighted by Gasteiger charge is 2.45. The molecule has 1 aromatic heterocycles. The number of likely N-dealkylation sites (tertiary alicyclic amines) is 1. The molecular weight excluding hydrogens is 586 g/mol. The van der Waals surface area contributed by atoms with Gasteiger partial charge in [-0.15, -0.1) is 0 Å². The molecule has 17 heteroatoms. The molecule has 0 radical (unpaired) electrons. The summed E-state index contributed by atoms with van der Waals surface area (Å²) >= 11 is 6.31. The standard InChI is InChI=1S/C23H24ClF4N5O6S/c1-10-6-13(4-5-14(10)25)30-20(34)16-17-18(19(24)32(16)3)40(37,38)31-15-8-33(7-12(15)9-39-17)22(36)21(35)29-11(2)23(26,27)28/h4-6,11-12,15,31H,7-9H2,1-3H3,(H,29,35)(H,30,34)/t11?,12-,15?/m0/s1. The lowest BCUT2D eigenvalue weighted by Gasteiger charge is -2.23. The molecule has 2 aromatic rings. The minimum Gasteiger partial charge on any atom is -0.489 e. The third kappa shape index (κ3) is 5.60.